The molecule has 0 saturated heterocycles. The van der Waals surface area contributed by atoms with Crippen molar-refractivity contribution in [3.05, 3.63) is 12.2 Å². The molecule has 4 heteroatoms. The Bertz CT molecular complexity index is 716. The summed E-state index contributed by atoms with van der Waals surface area (Å²) >= 11 is 0. The molecule has 0 aromatic heterocycles. The minimum atomic E-state index is -0.589. The molecule has 0 amide bonds. The van der Waals surface area contributed by atoms with Gasteiger partial charge in [0.15, 0.2) is 0 Å². The fourth-order valence-electron chi connectivity index (χ4n) is 9.15. The Labute approximate surface area is 163 Å². The number of aliphatic hydroxyl groups is 2. The summed E-state index contributed by atoms with van der Waals surface area (Å²) in [6.07, 6.45) is 3.24. The van der Waals surface area contributed by atoms with Crippen molar-refractivity contribution in [1.29, 1.82) is 0 Å². The quantitative estimate of drug-likeness (QED) is 0.731. The Balaban J connectivity index is 1.75. The van der Waals surface area contributed by atoms with Crippen LogP contribution in [0.4, 0.5) is 0 Å². The highest BCUT2D eigenvalue weighted by molar-refractivity contribution is 5.87. The summed E-state index contributed by atoms with van der Waals surface area (Å²) in [4.78, 5) is 15.5. The Kier molecular flexibility index (Phi) is 3.57. The van der Waals surface area contributed by atoms with Gasteiger partial charge < -0.3 is 15.1 Å². The van der Waals surface area contributed by atoms with Crippen LogP contribution in [0.1, 0.15) is 52.9 Å². The van der Waals surface area contributed by atoms with Gasteiger partial charge in [-0.3, -0.25) is 4.79 Å². The van der Waals surface area contributed by atoms with E-state index < -0.39 is 6.10 Å². The number of aliphatic hydroxyl groups excluding tert-OH is 2. The Morgan fingerprint density at radius 3 is 2.63 bits per heavy atom. The van der Waals surface area contributed by atoms with Crippen molar-refractivity contribution in [3.8, 4) is 0 Å². The molecule has 2 N–H and O–H groups in total. The van der Waals surface area contributed by atoms with Crippen LogP contribution in [-0.2, 0) is 4.79 Å². The molecule has 2 spiro atoms. The molecule has 5 saturated carbocycles. The van der Waals surface area contributed by atoms with Gasteiger partial charge in [-0.25, -0.2) is 0 Å². The smallest absolute Gasteiger partial charge is 0.140 e. The van der Waals surface area contributed by atoms with Crippen molar-refractivity contribution < 1.29 is 15.0 Å². The van der Waals surface area contributed by atoms with Gasteiger partial charge in [-0.2, -0.15) is 0 Å². The normalized spacial score (nSPS) is 55.1. The number of hydrogen-bond donors (Lipinski definition) is 2. The lowest BCUT2D eigenvalue weighted by molar-refractivity contribution is -0.183. The van der Waals surface area contributed by atoms with Gasteiger partial charge in [0.25, 0.3) is 0 Å². The molecule has 0 aliphatic heterocycles. The lowest BCUT2D eigenvalue weighted by Gasteiger charge is -2.61. The highest BCUT2D eigenvalue weighted by atomic mass is 16.3. The summed E-state index contributed by atoms with van der Waals surface area (Å²) in [5.74, 6) is 0.937. The molecule has 150 valence electrons. The van der Waals surface area contributed by atoms with Gasteiger partial charge in [0.1, 0.15) is 5.78 Å². The van der Waals surface area contributed by atoms with Gasteiger partial charge in [0.05, 0.1) is 12.2 Å². The highest BCUT2D eigenvalue weighted by Crippen LogP contribution is 2.81. The molecular formula is C23H35NO3. The second-order valence-electron chi connectivity index (χ2n) is 11.0. The maximum atomic E-state index is 13.0. The van der Waals surface area contributed by atoms with E-state index in [1.54, 1.807) is 0 Å². The zero-order valence-electron chi connectivity index (χ0n) is 17.2. The van der Waals surface area contributed by atoms with Gasteiger partial charge in [-0.05, 0) is 68.0 Å². The van der Waals surface area contributed by atoms with Crippen molar-refractivity contribution in [3.63, 3.8) is 0 Å². The first kappa shape index (κ1) is 18.3. The molecule has 9 atom stereocenters. The van der Waals surface area contributed by atoms with Crippen LogP contribution in [-0.4, -0.2) is 52.7 Å². The zero-order valence-corrected chi connectivity index (χ0v) is 17.2. The first-order chi connectivity index (χ1) is 12.6. The van der Waals surface area contributed by atoms with Crippen LogP contribution >= 0.6 is 0 Å². The maximum absolute atomic E-state index is 13.0. The predicted octanol–water partition coefficient (Wildman–Crippen LogP) is 2.64. The third-order valence-electron chi connectivity index (χ3n) is 10.1. The van der Waals surface area contributed by atoms with Crippen LogP contribution < -0.4 is 0 Å². The second kappa shape index (κ2) is 5.25. The van der Waals surface area contributed by atoms with E-state index in [4.69, 9.17) is 0 Å². The molecular weight excluding hydrogens is 338 g/mol. The maximum Gasteiger partial charge on any atom is 0.140 e. The first-order valence-corrected chi connectivity index (χ1v) is 10.9. The van der Waals surface area contributed by atoms with Gasteiger partial charge in [0.2, 0.25) is 0 Å². The average molecular weight is 374 g/mol. The van der Waals surface area contributed by atoms with Gasteiger partial charge in [-0.1, -0.05) is 27.4 Å². The van der Waals surface area contributed by atoms with E-state index >= 15 is 0 Å². The van der Waals surface area contributed by atoms with E-state index in [0.29, 0.717) is 18.3 Å². The van der Waals surface area contributed by atoms with Crippen molar-refractivity contribution in [2.24, 2.45) is 39.9 Å². The predicted molar refractivity (Wildman–Crippen MR) is 104 cm³/mol. The van der Waals surface area contributed by atoms with Crippen LogP contribution in [0.3, 0.4) is 0 Å². The lowest BCUT2D eigenvalue weighted by Crippen LogP contribution is -2.62. The minimum Gasteiger partial charge on any atom is -0.392 e. The number of nitrogens with zero attached hydrogens (tertiary/aromatic N) is 1. The number of rotatable bonds is 2. The van der Waals surface area contributed by atoms with Crippen molar-refractivity contribution in [2.45, 2.75) is 71.1 Å². The number of ketones is 1. The van der Waals surface area contributed by atoms with Crippen molar-refractivity contribution in [2.75, 3.05) is 13.6 Å². The van der Waals surface area contributed by atoms with Crippen molar-refractivity contribution >= 4 is 5.78 Å². The lowest BCUT2D eigenvalue weighted by atomic mass is 9.44. The summed E-state index contributed by atoms with van der Waals surface area (Å²) in [6.45, 7) is 12.0. The molecule has 5 fully saturated rings. The van der Waals surface area contributed by atoms with Crippen LogP contribution in [0.5, 0.6) is 0 Å². The molecule has 4 nitrogen and oxygen atoms in total. The average Bonchev–Trinajstić information content (AvgIpc) is 3.19. The molecule has 5 rings (SSSR count). The third-order valence-corrected chi connectivity index (χ3v) is 10.1. The molecule has 5 aliphatic rings. The summed E-state index contributed by atoms with van der Waals surface area (Å²) in [7, 11) is 2.18. The standard InChI is InChI=1S/C23H35NO3/c1-6-24(5)19-14-9-16-21(3,4)8-7-18(26)23(16,19)17-10-15(25)13-11-22(14,17)20(27)12(13)2/h13-14,16-20,26-27H,2,6-11H2,1,3-5H3/t13-,14-,16+,17+,18-,19-,20+,22-,23-/m0/s1. The topological polar surface area (TPSA) is 60.8 Å². The SMILES string of the molecule is C=C1[C@@H]2C[C@@]3([C@@H]1O)[C@@H](CC2=O)[C@@]12[C@@H](N(C)CC)[C@@H]3C[C@@H]1C(C)(C)CC[C@@H]2O. The van der Waals surface area contributed by atoms with Gasteiger partial charge in [-0.15, -0.1) is 0 Å². The molecule has 0 aromatic rings. The number of carbonyl (C=O) groups is 1. The second-order valence-corrected chi connectivity index (χ2v) is 11.0. The Morgan fingerprint density at radius 1 is 1.26 bits per heavy atom. The van der Waals surface area contributed by atoms with Crippen LogP contribution in [0.2, 0.25) is 0 Å². The zero-order chi connectivity index (χ0) is 19.5. The molecule has 27 heavy (non-hydrogen) atoms. The summed E-state index contributed by atoms with van der Waals surface area (Å²) in [5, 5.41) is 23.0. The Hall–Kier alpha value is -0.710. The molecule has 0 unspecified atom stereocenters. The number of carbonyl (C=O) groups excluding carboxylic acids is 1. The molecule has 0 heterocycles. The van der Waals surface area contributed by atoms with E-state index in [1.165, 1.54) is 0 Å². The number of hydrogen-bond acceptors (Lipinski definition) is 4. The molecule has 0 aromatic carbocycles. The fraction of sp³-hybridized carbons (Fsp3) is 0.870. The van der Waals surface area contributed by atoms with Crippen LogP contribution in [0.15, 0.2) is 12.2 Å². The van der Waals surface area contributed by atoms with Crippen molar-refractivity contribution in [1.82, 2.24) is 4.90 Å². The molecule has 4 bridgehead atoms. The summed E-state index contributed by atoms with van der Waals surface area (Å²) in [5.41, 5.74) is 0.395. The van der Waals surface area contributed by atoms with E-state index in [2.05, 4.69) is 39.3 Å². The van der Waals surface area contributed by atoms with E-state index in [0.717, 1.165) is 37.8 Å². The Morgan fingerprint density at radius 2 is 1.96 bits per heavy atom. The van der Waals surface area contributed by atoms with Crippen LogP contribution in [0, 0.1) is 39.9 Å². The monoisotopic (exact) mass is 373 g/mol. The summed E-state index contributed by atoms with van der Waals surface area (Å²) < 4.78 is 0. The molecule has 5 aliphatic carbocycles. The van der Waals surface area contributed by atoms with Crippen LogP contribution in [0.25, 0.3) is 0 Å². The fourth-order valence-corrected chi connectivity index (χ4v) is 9.15. The summed E-state index contributed by atoms with van der Waals surface area (Å²) in [6, 6.07) is 0.249. The van der Waals surface area contributed by atoms with Gasteiger partial charge in [0, 0.05) is 29.2 Å². The van der Waals surface area contributed by atoms with E-state index in [9.17, 15) is 15.0 Å². The highest BCUT2D eigenvalue weighted by Gasteiger charge is 2.83. The molecule has 0 radical (unpaired) electrons. The third kappa shape index (κ3) is 1.76. The van der Waals surface area contributed by atoms with E-state index in [1.807, 2.05) is 0 Å². The number of fused-ring (bicyclic) bond motifs is 2. The first-order valence-electron chi connectivity index (χ1n) is 10.9. The minimum absolute atomic E-state index is 0.0836. The van der Waals surface area contributed by atoms with E-state index in [-0.39, 0.29) is 46.0 Å². The number of Topliss-reactive ketones (excluding diaryl/α,β-unsaturated/α-hetero) is 1. The van der Waals surface area contributed by atoms with Gasteiger partial charge >= 0.3 is 0 Å². The largest absolute Gasteiger partial charge is 0.392 e.